The van der Waals surface area contributed by atoms with Crippen LogP contribution in [-0.4, -0.2) is 45.3 Å². The number of hydrogen-bond donors (Lipinski definition) is 1. The van der Waals surface area contributed by atoms with E-state index < -0.39 is 10.8 Å². The standard InChI is InChI=1S/C12H24N2OS/c1-9(16(2)15)5-6-14-11-3-4-12(14)8-10(13)7-11/h9-12H,3-8,13H2,1-2H3. The van der Waals surface area contributed by atoms with Crippen molar-refractivity contribution in [2.75, 3.05) is 12.8 Å². The lowest BCUT2D eigenvalue weighted by Gasteiger charge is -2.38. The largest absolute Gasteiger partial charge is 0.328 e. The molecule has 16 heavy (non-hydrogen) atoms. The lowest BCUT2D eigenvalue weighted by Crippen LogP contribution is -2.48. The van der Waals surface area contributed by atoms with Crippen LogP contribution >= 0.6 is 0 Å². The highest BCUT2D eigenvalue weighted by Crippen LogP contribution is 2.35. The third-order valence-corrected chi connectivity index (χ3v) is 5.65. The minimum absolute atomic E-state index is 0.329. The highest BCUT2D eigenvalue weighted by atomic mass is 32.2. The molecule has 2 saturated heterocycles. The van der Waals surface area contributed by atoms with Crippen molar-refractivity contribution < 1.29 is 4.21 Å². The zero-order valence-electron chi connectivity index (χ0n) is 10.4. The van der Waals surface area contributed by atoms with Gasteiger partial charge in [-0.25, -0.2) is 0 Å². The van der Waals surface area contributed by atoms with Crippen molar-refractivity contribution in [1.82, 2.24) is 4.90 Å². The summed E-state index contributed by atoms with van der Waals surface area (Å²) in [5, 5.41) is 0.329. The third-order valence-electron chi connectivity index (χ3n) is 4.28. The SMILES string of the molecule is CC(CCN1C2CCC1CC(N)C2)S(C)=O. The molecule has 0 spiro atoms. The first-order chi connectivity index (χ1) is 7.58. The molecule has 4 heteroatoms. The number of hydrogen-bond acceptors (Lipinski definition) is 3. The number of nitrogens with two attached hydrogens (primary N) is 1. The summed E-state index contributed by atoms with van der Waals surface area (Å²) in [6.07, 6.45) is 7.85. The van der Waals surface area contributed by atoms with Crippen LogP contribution in [0.1, 0.15) is 39.0 Å². The van der Waals surface area contributed by atoms with E-state index in [1.165, 1.54) is 25.7 Å². The van der Waals surface area contributed by atoms with Gasteiger partial charge in [0, 0.05) is 40.4 Å². The van der Waals surface area contributed by atoms with E-state index in [2.05, 4.69) is 11.8 Å². The first kappa shape index (κ1) is 12.5. The Morgan fingerprint density at radius 2 is 1.94 bits per heavy atom. The summed E-state index contributed by atoms with van der Waals surface area (Å²) in [5.74, 6) is 0. The predicted octanol–water partition coefficient (Wildman–Crippen LogP) is 1.10. The van der Waals surface area contributed by atoms with Gasteiger partial charge in [0.05, 0.1) is 0 Å². The summed E-state index contributed by atoms with van der Waals surface area (Å²) in [4.78, 5) is 2.63. The Morgan fingerprint density at radius 3 is 2.44 bits per heavy atom. The van der Waals surface area contributed by atoms with Crippen LogP contribution in [0.15, 0.2) is 0 Å². The molecule has 2 N–H and O–H groups in total. The fourth-order valence-corrected chi connectivity index (χ4v) is 3.62. The van der Waals surface area contributed by atoms with Crippen molar-refractivity contribution in [3.8, 4) is 0 Å². The van der Waals surface area contributed by atoms with Crippen LogP contribution in [-0.2, 0) is 10.8 Å². The van der Waals surface area contributed by atoms with Crippen molar-refractivity contribution in [3.05, 3.63) is 0 Å². The smallest absolute Gasteiger partial charge is 0.0329 e. The molecule has 0 amide bonds. The van der Waals surface area contributed by atoms with Crippen molar-refractivity contribution in [1.29, 1.82) is 0 Å². The topological polar surface area (TPSA) is 46.3 Å². The summed E-state index contributed by atoms with van der Waals surface area (Å²) in [6, 6.07) is 1.85. The van der Waals surface area contributed by atoms with E-state index >= 15 is 0 Å². The lowest BCUT2D eigenvalue weighted by atomic mass is 9.98. The molecule has 2 fully saturated rings. The average Bonchev–Trinajstić information content (AvgIpc) is 2.45. The second-order valence-corrected chi connectivity index (χ2v) is 7.25. The van der Waals surface area contributed by atoms with E-state index in [1.54, 1.807) is 0 Å². The van der Waals surface area contributed by atoms with Crippen LogP contribution in [0.25, 0.3) is 0 Å². The van der Waals surface area contributed by atoms with Crippen LogP contribution in [0, 0.1) is 0 Å². The van der Waals surface area contributed by atoms with Crippen LogP contribution in [0.4, 0.5) is 0 Å². The minimum atomic E-state index is -0.675. The molecule has 0 saturated carbocycles. The maximum Gasteiger partial charge on any atom is 0.0329 e. The molecule has 2 rings (SSSR count). The van der Waals surface area contributed by atoms with E-state index in [0.29, 0.717) is 23.4 Å². The quantitative estimate of drug-likeness (QED) is 0.805. The zero-order chi connectivity index (χ0) is 11.7. The van der Waals surface area contributed by atoms with Gasteiger partial charge in [-0.2, -0.15) is 0 Å². The van der Waals surface area contributed by atoms with Gasteiger partial charge in [-0.05, 0) is 38.6 Å². The summed E-state index contributed by atoms with van der Waals surface area (Å²) in [5.41, 5.74) is 6.05. The second-order valence-electron chi connectivity index (χ2n) is 5.45. The molecule has 3 nitrogen and oxygen atoms in total. The Bertz CT molecular complexity index is 258. The van der Waals surface area contributed by atoms with Gasteiger partial charge in [-0.1, -0.05) is 6.92 Å². The molecule has 2 bridgehead atoms. The Kier molecular flexibility index (Phi) is 4.03. The minimum Gasteiger partial charge on any atom is -0.328 e. The van der Waals surface area contributed by atoms with Crippen molar-refractivity contribution in [3.63, 3.8) is 0 Å². The van der Waals surface area contributed by atoms with Crippen LogP contribution in [0.5, 0.6) is 0 Å². The van der Waals surface area contributed by atoms with Crippen LogP contribution < -0.4 is 5.73 Å². The molecule has 0 aromatic rings. The normalized spacial score (nSPS) is 38.6. The van der Waals surface area contributed by atoms with Gasteiger partial charge in [0.25, 0.3) is 0 Å². The highest BCUT2D eigenvalue weighted by molar-refractivity contribution is 7.84. The zero-order valence-corrected chi connectivity index (χ0v) is 11.2. The maximum absolute atomic E-state index is 11.3. The average molecular weight is 244 g/mol. The summed E-state index contributed by atoms with van der Waals surface area (Å²) in [6.45, 7) is 3.20. The molecule has 2 aliphatic rings. The fraction of sp³-hybridized carbons (Fsp3) is 1.00. The Balaban J connectivity index is 1.85. The lowest BCUT2D eigenvalue weighted by molar-refractivity contribution is 0.126. The predicted molar refractivity (Wildman–Crippen MR) is 68.9 cm³/mol. The molecule has 0 radical (unpaired) electrons. The molecular formula is C12H24N2OS. The maximum atomic E-state index is 11.3. The number of nitrogens with zero attached hydrogens (tertiary/aromatic N) is 1. The molecule has 0 aliphatic carbocycles. The Morgan fingerprint density at radius 1 is 1.38 bits per heavy atom. The van der Waals surface area contributed by atoms with Gasteiger partial charge >= 0.3 is 0 Å². The monoisotopic (exact) mass is 244 g/mol. The summed E-state index contributed by atoms with van der Waals surface area (Å²) >= 11 is 0. The van der Waals surface area contributed by atoms with Crippen molar-refractivity contribution >= 4 is 10.8 Å². The summed E-state index contributed by atoms with van der Waals surface area (Å²) < 4.78 is 11.3. The fourth-order valence-electron chi connectivity index (χ4n) is 3.18. The van der Waals surface area contributed by atoms with Crippen molar-refractivity contribution in [2.45, 2.75) is 62.4 Å². The number of piperidine rings is 1. The van der Waals surface area contributed by atoms with Crippen LogP contribution in [0.3, 0.4) is 0 Å². The third kappa shape index (κ3) is 2.66. The van der Waals surface area contributed by atoms with E-state index in [4.69, 9.17) is 5.73 Å². The van der Waals surface area contributed by atoms with Gasteiger partial charge in [0.15, 0.2) is 0 Å². The van der Waals surface area contributed by atoms with Crippen molar-refractivity contribution in [2.24, 2.45) is 5.73 Å². The first-order valence-electron chi connectivity index (χ1n) is 6.41. The number of fused-ring (bicyclic) bond motifs is 2. The van der Waals surface area contributed by atoms with Gasteiger partial charge in [-0.15, -0.1) is 0 Å². The first-order valence-corrected chi connectivity index (χ1v) is 8.03. The van der Waals surface area contributed by atoms with Crippen LogP contribution in [0.2, 0.25) is 0 Å². The van der Waals surface area contributed by atoms with E-state index in [-0.39, 0.29) is 0 Å². The molecule has 4 atom stereocenters. The molecular weight excluding hydrogens is 220 g/mol. The molecule has 4 unspecified atom stereocenters. The van der Waals surface area contributed by atoms with E-state index in [9.17, 15) is 4.21 Å². The Hall–Kier alpha value is 0.0700. The highest BCUT2D eigenvalue weighted by Gasteiger charge is 2.39. The van der Waals surface area contributed by atoms with E-state index in [1.807, 2.05) is 6.26 Å². The summed E-state index contributed by atoms with van der Waals surface area (Å²) in [7, 11) is -0.675. The Labute approximate surface area is 101 Å². The van der Waals surface area contributed by atoms with Gasteiger partial charge in [0.2, 0.25) is 0 Å². The van der Waals surface area contributed by atoms with Gasteiger partial charge < -0.3 is 5.73 Å². The molecule has 2 aliphatic heterocycles. The molecule has 2 heterocycles. The second kappa shape index (κ2) is 5.15. The van der Waals surface area contributed by atoms with Gasteiger partial charge in [0.1, 0.15) is 0 Å². The molecule has 0 aromatic carbocycles. The molecule has 94 valence electrons. The van der Waals surface area contributed by atoms with Gasteiger partial charge in [-0.3, -0.25) is 9.11 Å². The number of rotatable bonds is 4. The molecule has 0 aromatic heterocycles. The van der Waals surface area contributed by atoms with E-state index in [0.717, 1.165) is 13.0 Å².